The number of nitrogens with one attached hydrogen (secondary N) is 1. The molecule has 0 bridgehead atoms. The van der Waals surface area contributed by atoms with E-state index in [1.54, 1.807) is 25.4 Å². The Morgan fingerprint density at radius 2 is 2.28 bits per heavy atom. The van der Waals surface area contributed by atoms with Crippen molar-refractivity contribution in [2.24, 2.45) is 0 Å². The molecule has 6 heteroatoms. The van der Waals surface area contributed by atoms with E-state index in [1.165, 1.54) is 11.3 Å². The summed E-state index contributed by atoms with van der Waals surface area (Å²) < 4.78 is 5.00. The standard InChI is InChI=1S/C12H14N2O3S/c1-4-12(2,3)17-10(16)6-5-9(15)14-11-13-7-8-18-11/h1,7-8H,5-6H2,2-3H3,(H,13,14,15). The molecule has 1 aromatic rings. The summed E-state index contributed by atoms with van der Waals surface area (Å²) in [6.45, 7) is 3.22. The Bertz CT molecular complexity index is 460. The highest BCUT2D eigenvalue weighted by Gasteiger charge is 2.20. The van der Waals surface area contributed by atoms with E-state index in [0.717, 1.165) is 0 Å². The smallest absolute Gasteiger partial charge is 0.307 e. The zero-order valence-corrected chi connectivity index (χ0v) is 11.0. The molecule has 1 aromatic heterocycles. The number of carbonyl (C=O) groups excluding carboxylic acids is 2. The van der Waals surface area contributed by atoms with E-state index >= 15 is 0 Å². The Morgan fingerprint density at radius 3 is 2.83 bits per heavy atom. The Labute approximate surface area is 110 Å². The summed E-state index contributed by atoms with van der Waals surface area (Å²) in [6.07, 6.45) is 6.80. The second-order valence-corrected chi connectivity index (χ2v) is 4.91. The second kappa shape index (κ2) is 6.17. The van der Waals surface area contributed by atoms with E-state index in [1.807, 2.05) is 0 Å². The van der Waals surface area contributed by atoms with Gasteiger partial charge in [0.15, 0.2) is 10.7 Å². The zero-order chi connectivity index (χ0) is 13.6. The second-order valence-electron chi connectivity index (χ2n) is 4.01. The molecule has 96 valence electrons. The van der Waals surface area contributed by atoms with Gasteiger partial charge in [-0.25, -0.2) is 4.98 Å². The summed E-state index contributed by atoms with van der Waals surface area (Å²) in [6, 6.07) is 0. The number of hydrogen-bond acceptors (Lipinski definition) is 5. The summed E-state index contributed by atoms with van der Waals surface area (Å²) in [5.41, 5.74) is -0.942. The molecular formula is C12H14N2O3S. The number of rotatable bonds is 5. The Kier molecular flexibility index (Phi) is 4.86. The molecule has 0 aliphatic heterocycles. The van der Waals surface area contributed by atoms with Crippen molar-refractivity contribution >= 4 is 28.3 Å². The van der Waals surface area contributed by atoms with Gasteiger partial charge in [0.25, 0.3) is 0 Å². The number of thiazole rings is 1. The fourth-order valence-electron chi connectivity index (χ4n) is 1.05. The Hall–Kier alpha value is -1.87. The van der Waals surface area contributed by atoms with E-state index < -0.39 is 11.6 Å². The molecule has 0 spiro atoms. The fraction of sp³-hybridized carbons (Fsp3) is 0.417. The first kappa shape index (κ1) is 14.2. The van der Waals surface area contributed by atoms with Crippen molar-refractivity contribution in [1.82, 2.24) is 4.98 Å². The molecule has 0 saturated carbocycles. The van der Waals surface area contributed by atoms with Crippen LogP contribution in [0.2, 0.25) is 0 Å². The molecule has 0 aliphatic rings. The Morgan fingerprint density at radius 1 is 1.56 bits per heavy atom. The highest BCUT2D eigenvalue weighted by atomic mass is 32.1. The molecule has 0 radical (unpaired) electrons. The van der Waals surface area contributed by atoms with E-state index in [-0.39, 0.29) is 18.7 Å². The van der Waals surface area contributed by atoms with E-state index in [9.17, 15) is 9.59 Å². The van der Waals surface area contributed by atoms with Crippen LogP contribution >= 0.6 is 11.3 Å². The maximum atomic E-state index is 11.5. The maximum Gasteiger partial charge on any atom is 0.307 e. The fourth-order valence-corrected chi connectivity index (χ4v) is 1.59. The van der Waals surface area contributed by atoms with Crippen LogP contribution < -0.4 is 5.32 Å². The lowest BCUT2D eigenvalue weighted by molar-refractivity contribution is -0.152. The van der Waals surface area contributed by atoms with Crippen LogP contribution in [0, 0.1) is 12.3 Å². The summed E-state index contributed by atoms with van der Waals surface area (Å²) in [4.78, 5) is 26.8. The third-order valence-electron chi connectivity index (χ3n) is 1.95. The lowest BCUT2D eigenvalue weighted by Gasteiger charge is -2.18. The minimum Gasteiger partial charge on any atom is -0.446 e. The molecule has 0 aliphatic carbocycles. The van der Waals surface area contributed by atoms with Gasteiger partial charge in [-0.1, -0.05) is 5.92 Å². The van der Waals surface area contributed by atoms with Crippen LogP contribution in [-0.4, -0.2) is 22.5 Å². The van der Waals surface area contributed by atoms with Crippen molar-refractivity contribution in [3.05, 3.63) is 11.6 Å². The third-order valence-corrected chi connectivity index (χ3v) is 2.64. The molecule has 0 atom stereocenters. The lowest BCUT2D eigenvalue weighted by Crippen LogP contribution is -2.26. The molecular weight excluding hydrogens is 252 g/mol. The topological polar surface area (TPSA) is 68.3 Å². The predicted octanol–water partition coefficient (Wildman–Crippen LogP) is 1.82. The number of anilines is 1. The minimum atomic E-state index is -0.942. The van der Waals surface area contributed by atoms with Gasteiger partial charge in [0.2, 0.25) is 5.91 Å². The van der Waals surface area contributed by atoms with Crippen LogP contribution in [0.3, 0.4) is 0 Å². The molecule has 18 heavy (non-hydrogen) atoms. The average Bonchev–Trinajstić information content (AvgIpc) is 2.78. The molecule has 1 N–H and O–H groups in total. The maximum absolute atomic E-state index is 11.5. The van der Waals surface area contributed by atoms with Crippen molar-refractivity contribution in [1.29, 1.82) is 0 Å². The number of esters is 1. The number of carbonyl (C=O) groups is 2. The van der Waals surface area contributed by atoms with Crippen molar-refractivity contribution in [3.8, 4) is 12.3 Å². The van der Waals surface area contributed by atoms with Gasteiger partial charge < -0.3 is 10.1 Å². The normalized spacial score (nSPS) is 10.5. The molecule has 1 heterocycles. The minimum absolute atomic E-state index is 0.0116. The molecule has 0 aromatic carbocycles. The first-order valence-electron chi connectivity index (χ1n) is 5.32. The van der Waals surface area contributed by atoms with Crippen molar-refractivity contribution in [3.63, 3.8) is 0 Å². The zero-order valence-electron chi connectivity index (χ0n) is 10.2. The molecule has 0 unspecified atom stereocenters. The first-order valence-corrected chi connectivity index (χ1v) is 6.20. The van der Waals surface area contributed by atoms with Crippen LogP contribution in [-0.2, 0) is 14.3 Å². The summed E-state index contributed by atoms with van der Waals surface area (Å²) >= 11 is 1.31. The van der Waals surface area contributed by atoms with Gasteiger partial charge in [-0.3, -0.25) is 9.59 Å². The van der Waals surface area contributed by atoms with Gasteiger partial charge in [0.05, 0.1) is 6.42 Å². The number of terminal acetylenes is 1. The lowest BCUT2D eigenvalue weighted by atomic mass is 10.1. The molecule has 0 saturated heterocycles. The SMILES string of the molecule is C#CC(C)(C)OC(=O)CCC(=O)Nc1nccs1. The van der Waals surface area contributed by atoms with Crippen LogP contribution in [0.4, 0.5) is 5.13 Å². The number of amides is 1. The molecule has 0 fully saturated rings. The Balaban J connectivity index is 2.31. The highest BCUT2D eigenvalue weighted by molar-refractivity contribution is 7.13. The van der Waals surface area contributed by atoms with Crippen molar-refractivity contribution in [2.45, 2.75) is 32.3 Å². The van der Waals surface area contributed by atoms with Gasteiger partial charge >= 0.3 is 5.97 Å². The first-order chi connectivity index (χ1) is 8.43. The molecule has 1 amide bonds. The number of aromatic nitrogens is 1. The third kappa shape index (κ3) is 4.97. The van der Waals surface area contributed by atoms with Crippen LogP contribution in [0.5, 0.6) is 0 Å². The summed E-state index contributed by atoms with van der Waals surface area (Å²) in [7, 11) is 0. The van der Waals surface area contributed by atoms with Gasteiger partial charge in [-0.15, -0.1) is 17.8 Å². The largest absolute Gasteiger partial charge is 0.446 e. The number of ether oxygens (including phenoxy) is 1. The van der Waals surface area contributed by atoms with Gasteiger partial charge in [-0.05, 0) is 13.8 Å². The molecule has 1 rings (SSSR count). The van der Waals surface area contributed by atoms with Crippen LogP contribution in [0.1, 0.15) is 26.7 Å². The predicted molar refractivity (Wildman–Crippen MR) is 69.0 cm³/mol. The van der Waals surface area contributed by atoms with Crippen LogP contribution in [0.25, 0.3) is 0 Å². The van der Waals surface area contributed by atoms with Crippen molar-refractivity contribution < 1.29 is 14.3 Å². The van der Waals surface area contributed by atoms with Gasteiger partial charge in [0.1, 0.15) is 0 Å². The van der Waals surface area contributed by atoms with Gasteiger partial charge in [-0.2, -0.15) is 0 Å². The van der Waals surface area contributed by atoms with Gasteiger partial charge in [0, 0.05) is 18.0 Å². The average molecular weight is 266 g/mol. The summed E-state index contributed by atoms with van der Waals surface area (Å²) in [5.74, 6) is 1.57. The van der Waals surface area contributed by atoms with E-state index in [0.29, 0.717) is 5.13 Å². The van der Waals surface area contributed by atoms with E-state index in [2.05, 4.69) is 16.2 Å². The van der Waals surface area contributed by atoms with Crippen molar-refractivity contribution in [2.75, 3.05) is 5.32 Å². The highest BCUT2D eigenvalue weighted by Crippen LogP contribution is 2.12. The van der Waals surface area contributed by atoms with E-state index in [4.69, 9.17) is 11.2 Å². The number of hydrogen-bond donors (Lipinski definition) is 1. The number of nitrogens with zero attached hydrogens (tertiary/aromatic N) is 1. The quantitative estimate of drug-likeness (QED) is 0.652. The monoisotopic (exact) mass is 266 g/mol. The van der Waals surface area contributed by atoms with Crippen LogP contribution in [0.15, 0.2) is 11.6 Å². The molecule has 5 nitrogen and oxygen atoms in total. The summed E-state index contributed by atoms with van der Waals surface area (Å²) in [5, 5.41) is 4.84.